The first-order valence-corrected chi connectivity index (χ1v) is 6.23. The van der Waals surface area contributed by atoms with Crippen molar-refractivity contribution in [2.24, 2.45) is 0 Å². The minimum Gasteiger partial charge on any atom is -0.356 e. The fourth-order valence-corrected chi connectivity index (χ4v) is 1.65. The van der Waals surface area contributed by atoms with Crippen LogP contribution in [0.4, 0.5) is 4.39 Å². The van der Waals surface area contributed by atoms with Gasteiger partial charge in [-0.05, 0) is 43.4 Å². The Balaban J connectivity index is 2.08. The van der Waals surface area contributed by atoms with Gasteiger partial charge in [-0.1, -0.05) is 19.1 Å². The maximum Gasteiger partial charge on any atom is 0.219 e. The van der Waals surface area contributed by atoms with Crippen LogP contribution in [0.1, 0.15) is 38.2 Å². The van der Waals surface area contributed by atoms with Crippen molar-refractivity contribution in [3.8, 4) is 0 Å². The molecule has 0 saturated carbocycles. The molecule has 0 saturated heterocycles. The van der Waals surface area contributed by atoms with E-state index in [9.17, 15) is 9.18 Å². The van der Waals surface area contributed by atoms with Crippen LogP contribution in [-0.2, 0) is 11.2 Å². The summed E-state index contributed by atoms with van der Waals surface area (Å²) in [5.74, 6) is -0.0603. The lowest BCUT2D eigenvalue weighted by Gasteiger charge is -2.04. The molecule has 0 aliphatic heterocycles. The van der Waals surface area contributed by atoms with E-state index in [4.69, 9.17) is 0 Å². The van der Waals surface area contributed by atoms with Gasteiger partial charge in [-0.2, -0.15) is 0 Å². The highest BCUT2D eigenvalue weighted by molar-refractivity contribution is 5.75. The number of aryl methyl sites for hydroxylation is 1. The van der Waals surface area contributed by atoms with Gasteiger partial charge in [-0.3, -0.25) is 4.79 Å². The number of hydrogen-bond donors (Lipinski definition) is 1. The largest absolute Gasteiger partial charge is 0.356 e. The van der Waals surface area contributed by atoms with Gasteiger partial charge in [0.15, 0.2) is 0 Å². The molecule has 0 aliphatic carbocycles. The average Bonchev–Trinajstić information content (AvgIpc) is 2.31. The van der Waals surface area contributed by atoms with E-state index in [2.05, 4.69) is 5.32 Å². The van der Waals surface area contributed by atoms with Crippen molar-refractivity contribution < 1.29 is 9.18 Å². The molecule has 0 aliphatic rings. The average molecular weight is 237 g/mol. The summed E-state index contributed by atoms with van der Waals surface area (Å²) >= 11 is 0. The molecular weight excluding hydrogens is 217 g/mol. The molecule has 1 aromatic carbocycles. The molecule has 17 heavy (non-hydrogen) atoms. The maximum atomic E-state index is 12.6. The van der Waals surface area contributed by atoms with Crippen LogP contribution in [0, 0.1) is 5.82 Å². The van der Waals surface area contributed by atoms with Crippen molar-refractivity contribution in [2.75, 3.05) is 6.54 Å². The summed E-state index contributed by atoms with van der Waals surface area (Å²) in [5, 5.41) is 2.88. The Morgan fingerprint density at radius 3 is 2.59 bits per heavy atom. The van der Waals surface area contributed by atoms with Gasteiger partial charge in [-0.25, -0.2) is 4.39 Å². The molecule has 0 aromatic heterocycles. The number of halogens is 1. The summed E-state index contributed by atoms with van der Waals surface area (Å²) in [6.07, 6.45) is 4.41. The van der Waals surface area contributed by atoms with Crippen molar-refractivity contribution in [2.45, 2.75) is 39.0 Å². The molecule has 0 heterocycles. The van der Waals surface area contributed by atoms with E-state index in [1.54, 1.807) is 0 Å². The smallest absolute Gasteiger partial charge is 0.219 e. The topological polar surface area (TPSA) is 29.1 Å². The summed E-state index contributed by atoms with van der Waals surface area (Å²) in [6, 6.07) is 6.59. The monoisotopic (exact) mass is 237 g/mol. The highest BCUT2D eigenvalue weighted by Gasteiger charge is 1.98. The number of nitrogens with one attached hydrogen (secondary N) is 1. The summed E-state index contributed by atoms with van der Waals surface area (Å²) in [4.78, 5) is 11.2. The Morgan fingerprint density at radius 1 is 1.24 bits per heavy atom. The normalized spacial score (nSPS) is 10.2. The summed E-state index contributed by atoms with van der Waals surface area (Å²) in [5.41, 5.74) is 1.14. The van der Waals surface area contributed by atoms with Gasteiger partial charge in [0.05, 0.1) is 0 Å². The molecule has 0 bridgehead atoms. The zero-order valence-electron chi connectivity index (χ0n) is 10.3. The first kappa shape index (κ1) is 13.7. The molecule has 0 unspecified atom stereocenters. The van der Waals surface area contributed by atoms with Gasteiger partial charge in [0.25, 0.3) is 0 Å². The maximum absolute atomic E-state index is 12.6. The van der Waals surface area contributed by atoms with Gasteiger partial charge in [0.1, 0.15) is 5.82 Å². The Hall–Kier alpha value is -1.38. The summed E-state index contributed by atoms with van der Waals surface area (Å²) in [6.45, 7) is 2.73. The number of carbonyl (C=O) groups is 1. The van der Waals surface area contributed by atoms with Crippen LogP contribution < -0.4 is 5.32 Å². The van der Waals surface area contributed by atoms with Crippen molar-refractivity contribution in [3.05, 3.63) is 35.6 Å². The first-order chi connectivity index (χ1) is 8.22. The SMILES string of the molecule is CCCC(=O)NCCCCc1ccc(F)cc1. The molecule has 0 spiro atoms. The van der Waals surface area contributed by atoms with Crippen LogP contribution in [0.5, 0.6) is 0 Å². The van der Waals surface area contributed by atoms with Crippen LogP contribution in [0.25, 0.3) is 0 Å². The minimum atomic E-state index is -0.194. The number of carbonyl (C=O) groups excluding carboxylic acids is 1. The molecule has 94 valence electrons. The van der Waals surface area contributed by atoms with Gasteiger partial charge in [-0.15, -0.1) is 0 Å². The van der Waals surface area contributed by atoms with Gasteiger partial charge in [0, 0.05) is 13.0 Å². The Bertz CT molecular complexity index is 335. The predicted octanol–water partition coefficient (Wildman–Crippen LogP) is 3.06. The van der Waals surface area contributed by atoms with E-state index < -0.39 is 0 Å². The van der Waals surface area contributed by atoms with Crippen molar-refractivity contribution >= 4 is 5.91 Å². The number of unbranched alkanes of at least 4 members (excludes halogenated alkanes) is 1. The summed E-state index contributed by atoms with van der Waals surface area (Å²) in [7, 11) is 0. The second-order valence-corrected chi connectivity index (χ2v) is 4.18. The molecule has 0 fully saturated rings. The van der Waals surface area contributed by atoms with Crippen LogP contribution >= 0.6 is 0 Å². The zero-order chi connectivity index (χ0) is 12.5. The van der Waals surface area contributed by atoms with Crippen LogP contribution in [-0.4, -0.2) is 12.5 Å². The Kier molecular flexibility index (Phi) is 6.30. The standard InChI is InChI=1S/C14H20FNO/c1-2-5-14(17)16-11-4-3-6-12-7-9-13(15)10-8-12/h7-10H,2-6,11H2,1H3,(H,16,17). The zero-order valence-corrected chi connectivity index (χ0v) is 10.3. The third-order valence-corrected chi connectivity index (χ3v) is 2.60. The molecule has 0 atom stereocenters. The molecule has 1 aromatic rings. The van der Waals surface area contributed by atoms with E-state index in [0.29, 0.717) is 6.42 Å². The second kappa shape index (κ2) is 7.82. The fourth-order valence-electron chi connectivity index (χ4n) is 1.65. The molecule has 1 amide bonds. The highest BCUT2D eigenvalue weighted by atomic mass is 19.1. The van der Waals surface area contributed by atoms with Gasteiger partial charge < -0.3 is 5.32 Å². The predicted molar refractivity (Wildman–Crippen MR) is 67.3 cm³/mol. The molecule has 1 rings (SSSR count). The van der Waals surface area contributed by atoms with Crippen LogP contribution in [0.15, 0.2) is 24.3 Å². The van der Waals surface area contributed by atoms with Crippen LogP contribution in [0.3, 0.4) is 0 Å². The number of benzene rings is 1. The molecule has 1 N–H and O–H groups in total. The van der Waals surface area contributed by atoms with E-state index in [1.165, 1.54) is 12.1 Å². The van der Waals surface area contributed by atoms with Crippen molar-refractivity contribution in [1.29, 1.82) is 0 Å². The Morgan fingerprint density at radius 2 is 1.94 bits per heavy atom. The van der Waals surface area contributed by atoms with Crippen molar-refractivity contribution in [3.63, 3.8) is 0 Å². The first-order valence-electron chi connectivity index (χ1n) is 6.23. The van der Waals surface area contributed by atoms with Gasteiger partial charge >= 0.3 is 0 Å². The highest BCUT2D eigenvalue weighted by Crippen LogP contribution is 2.06. The van der Waals surface area contributed by atoms with Gasteiger partial charge in [0.2, 0.25) is 5.91 Å². The fraction of sp³-hybridized carbons (Fsp3) is 0.500. The molecular formula is C14H20FNO. The van der Waals surface area contributed by atoms with Crippen LogP contribution in [0.2, 0.25) is 0 Å². The van der Waals surface area contributed by atoms with E-state index in [-0.39, 0.29) is 11.7 Å². The second-order valence-electron chi connectivity index (χ2n) is 4.18. The Labute approximate surface area is 102 Å². The molecule has 3 heteroatoms. The number of amides is 1. The number of rotatable bonds is 7. The lowest BCUT2D eigenvalue weighted by atomic mass is 10.1. The quantitative estimate of drug-likeness (QED) is 0.725. The summed E-state index contributed by atoms with van der Waals surface area (Å²) < 4.78 is 12.6. The van der Waals surface area contributed by atoms with E-state index in [0.717, 1.165) is 37.8 Å². The molecule has 2 nitrogen and oxygen atoms in total. The lowest BCUT2D eigenvalue weighted by molar-refractivity contribution is -0.121. The molecule has 0 radical (unpaired) electrons. The van der Waals surface area contributed by atoms with E-state index in [1.807, 2.05) is 19.1 Å². The third kappa shape index (κ3) is 6.05. The van der Waals surface area contributed by atoms with E-state index >= 15 is 0 Å². The third-order valence-electron chi connectivity index (χ3n) is 2.60. The lowest BCUT2D eigenvalue weighted by Crippen LogP contribution is -2.23. The van der Waals surface area contributed by atoms with Crippen molar-refractivity contribution in [1.82, 2.24) is 5.32 Å². The minimum absolute atomic E-state index is 0.134. The number of hydrogen-bond acceptors (Lipinski definition) is 1.